The molecule has 2 N–H and O–H groups in total. The van der Waals surface area contributed by atoms with Crippen molar-refractivity contribution in [2.45, 2.75) is 12.5 Å². The highest BCUT2D eigenvalue weighted by molar-refractivity contribution is 7.99. The van der Waals surface area contributed by atoms with E-state index >= 15 is 0 Å². The van der Waals surface area contributed by atoms with Gasteiger partial charge in [0.1, 0.15) is 0 Å². The molecule has 2 saturated heterocycles. The largest absolute Gasteiger partial charge is 0.378 e. The molecule has 0 bridgehead atoms. The Hall–Kier alpha value is -0.730. The monoisotopic (exact) mass is 394 g/mol. The third kappa shape index (κ3) is 5.97. The molecule has 2 aliphatic heterocycles. The molecule has 0 aromatic carbocycles. The van der Waals surface area contributed by atoms with Crippen molar-refractivity contribution in [3.63, 3.8) is 0 Å². The molecule has 1 unspecified atom stereocenters. The van der Waals surface area contributed by atoms with E-state index in [1.54, 1.807) is 6.20 Å². The minimum Gasteiger partial charge on any atom is -0.378 e. The Labute approximate surface area is 159 Å². The average Bonchev–Trinajstić information content (AvgIpc) is 2.57. The van der Waals surface area contributed by atoms with Crippen molar-refractivity contribution in [2.75, 3.05) is 54.6 Å². The topological polar surface area (TPSA) is 66.5 Å². The van der Waals surface area contributed by atoms with Gasteiger partial charge in [-0.1, -0.05) is 0 Å². The van der Waals surface area contributed by atoms with E-state index in [1.165, 1.54) is 0 Å². The number of hydrogen-bond acceptors (Lipinski definition) is 6. The summed E-state index contributed by atoms with van der Waals surface area (Å²) in [6.45, 7) is 4.00. The number of nitrogens with one attached hydrogen (secondary N) is 2. The Morgan fingerprint density at radius 1 is 1.42 bits per heavy atom. The van der Waals surface area contributed by atoms with Gasteiger partial charge in [0.15, 0.2) is 5.82 Å². The fraction of sp³-hybridized carbons (Fsp3) is 0.600. The van der Waals surface area contributed by atoms with E-state index in [0.717, 1.165) is 42.6 Å². The van der Waals surface area contributed by atoms with Gasteiger partial charge in [-0.25, -0.2) is 4.98 Å². The van der Waals surface area contributed by atoms with Crippen LogP contribution in [-0.4, -0.2) is 61.3 Å². The quantitative estimate of drug-likeness (QED) is 0.811. The molecule has 9 heteroatoms. The summed E-state index contributed by atoms with van der Waals surface area (Å²) in [5, 5.41) is 6.41. The zero-order valence-corrected chi connectivity index (χ0v) is 15.9. The molecule has 3 rings (SSSR count). The van der Waals surface area contributed by atoms with Crippen LogP contribution in [0.15, 0.2) is 18.3 Å². The smallest absolute Gasteiger partial charge is 0.226 e. The number of thioether (sulfide) groups is 1. The Morgan fingerprint density at radius 2 is 2.21 bits per heavy atom. The molecule has 0 spiro atoms. The van der Waals surface area contributed by atoms with Gasteiger partial charge in [0.05, 0.1) is 18.9 Å². The fourth-order valence-corrected chi connectivity index (χ4v) is 3.65. The van der Waals surface area contributed by atoms with Gasteiger partial charge in [-0.05, 0) is 12.1 Å². The number of nitrogens with zero attached hydrogens (tertiary/aromatic N) is 2. The first-order valence-corrected chi connectivity index (χ1v) is 8.87. The molecule has 0 aliphatic carbocycles. The molecule has 3 heterocycles. The first-order chi connectivity index (χ1) is 10.8. The number of morpholine rings is 1. The summed E-state index contributed by atoms with van der Waals surface area (Å²) in [6, 6.07) is 4.04. The minimum absolute atomic E-state index is 0. The summed E-state index contributed by atoms with van der Waals surface area (Å²) < 4.78 is 5.38. The molecule has 2 aliphatic rings. The number of hydrogen-bond donors (Lipinski definition) is 2. The van der Waals surface area contributed by atoms with Gasteiger partial charge in [-0.3, -0.25) is 4.79 Å². The van der Waals surface area contributed by atoms with E-state index in [-0.39, 0.29) is 36.8 Å². The number of anilines is 2. The van der Waals surface area contributed by atoms with Crippen molar-refractivity contribution in [3.05, 3.63) is 18.3 Å². The van der Waals surface area contributed by atoms with Crippen LogP contribution in [0, 0.1) is 0 Å². The number of carbonyl (C=O) groups excluding carboxylic acids is 1. The molecule has 136 valence electrons. The lowest BCUT2D eigenvalue weighted by Crippen LogP contribution is -2.40. The van der Waals surface area contributed by atoms with Crippen molar-refractivity contribution >= 4 is 54.0 Å². The van der Waals surface area contributed by atoms with E-state index in [0.29, 0.717) is 19.6 Å². The van der Waals surface area contributed by atoms with Gasteiger partial charge >= 0.3 is 0 Å². The van der Waals surface area contributed by atoms with Crippen LogP contribution in [0.25, 0.3) is 0 Å². The maximum absolute atomic E-state index is 12.3. The molecule has 2 fully saturated rings. The lowest BCUT2D eigenvalue weighted by molar-refractivity contribution is -0.116. The molecule has 1 aromatic heterocycles. The maximum atomic E-state index is 12.3. The number of pyridine rings is 1. The Kier molecular flexibility index (Phi) is 9.76. The summed E-state index contributed by atoms with van der Waals surface area (Å²) in [5.74, 6) is 3.01. The van der Waals surface area contributed by atoms with Crippen LogP contribution in [0.2, 0.25) is 0 Å². The van der Waals surface area contributed by atoms with Crippen molar-refractivity contribution in [1.82, 2.24) is 10.3 Å². The normalized spacial score (nSPS) is 20.5. The fourth-order valence-electron chi connectivity index (χ4n) is 2.70. The predicted molar refractivity (Wildman–Crippen MR) is 104 cm³/mol. The number of amides is 1. The van der Waals surface area contributed by atoms with Crippen LogP contribution in [-0.2, 0) is 9.53 Å². The Morgan fingerprint density at radius 3 is 2.92 bits per heavy atom. The summed E-state index contributed by atoms with van der Waals surface area (Å²) >= 11 is 1.90. The van der Waals surface area contributed by atoms with Gasteiger partial charge in [0, 0.05) is 49.8 Å². The van der Waals surface area contributed by atoms with E-state index < -0.39 is 0 Å². The van der Waals surface area contributed by atoms with Crippen molar-refractivity contribution < 1.29 is 9.53 Å². The number of carbonyl (C=O) groups is 1. The first-order valence-electron chi connectivity index (χ1n) is 7.71. The third-order valence-electron chi connectivity index (χ3n) is 3.80. The molecular weight excluding hydrogens is 371 g/mol. The zero-order chi connectivity index (χ0) is 15.2. The third-order valence-corrected chi connectivity index (χ3v) is 4.93. The lowest BCUT2D eigenvalue weighted by Gasteiger charge is -2.29. The van der Waals surface area contributed by atoms with Crippen LogP contribution >= 0.6 is 36.6 Å². The lowest BCUT2D eigenvalue weighted by atomic mass is 10.2. The second kappa shape index (κ2) is 11.0. The molecular formula is C15H24Cl2N4O2S. The number of rotatable bonds is 4. The molecule has 0 radical (unpaired) electrons. The highest BCUT2D eigenvalue weighted by atomic mass is 35.5. The average molecular weight is 395 g/mol. The second-order valence-electron chi connectivity index (χ2n) is 5.45. The van der Waals surface area contributed by atoms with Crippen LogP contribution in [0.4, 0.5) is 11.5 Å². The van der Waals surface area contributed by atoms with Gasteiger partial charge in [-0.2, -0.15) is 11.8 Å². The molecule has 1 atom stereocenters. The number of aromatic nitrogens is 1. The molecule has 1 amide bonds. The van der Waals surface area contributed by atoms with Crippen molar-refractivity contribution in [3.8, 4) is 0 Å². The van der Waals surface area contributed by atoms with E-state index in [9.17, 15) is 4.79 Å². The van der Waals surface area contributed by atoms with Crippen LogP contribution in [0.3, 0.4) is 0 Å². The zero-order valence-electron chi connectivity index (χ0n) is 13.4. The highest BCUT2D eigenvalue weighted by Crippen LogP contribution is 2.24. The second-order valence-corrected chi connectivity index (χ2v) is 6.60. The standard InChI is InChI=1S/C15H22N4O2S.2ClH/c20-14(10-12-11-22-9-4-16-12)18-13-2-1-3-17-15(13)19-5-7-21-8-6-19;;/h1-3,12,16H,4-11H2,(H,18,20);2*1H. The summed E-state index contributed by atoms with van der Waals surface area (Å²) in [6.07, 6.45) is 2.27. The van der Waals surface area contributed by atoms with Crippen molar-refractivity contribution in [1.29, 1.82) is 0 Å². The van der Waals surface area contributed by atoms with E-state index in [1.807, 2.05) is 23.9 Å². The summed E-state index contributed by atoms with van der Waals surface area (Å²) in [4.78, 5) is 18.9. The number of halogens is 2. The van der Waals surface area contributed by atoms with Gasteiger partial charge < -0.3 is 20.3 Å². The van der Waals surface area contributed by atoms with Crippen LogP contribution < -0.4 is 15.5 Å². The minimum atomic E-state index is 0. The van der Waals surface area contributed by atoms with Crippen LogP contribution in [0.1, 0.15) is 6.42 Å². The summed E-state index contributed by atoms with van der Waals surface area (Å²) in [5.41, 5.74) is 0.790. The molecule has 0 saturated carbocycles. The molecule has 1 aromatic rings. The Balaban J connectivity index is 0.00000144. The van der Waals surface area contributed by atoms with Gasteiger partial charge in [0.2, 0.25) is 5.91 Å². The van der Waals surface area contributed by atoms with Crippen molar-refractivity contribution in [2.24, 2.45) is 0 Å². The van der Waals surface area contributed by atoms with Crippen LogP contribution in [0.5, 0.6) is 0 Å². The predicted octanol–water partition coefficient (Wildman–Crippen LogP) is 1.80. The summed E-state index contributed by atoms with van der Waals surface area (Å²) in [7, 11) is 0. The van der Waals surface area contributed by atoms with E-state index in [2.05, 4.69) is 20.5 Å². The maximum Gasteiger partial charge on any atom is 0.226 e. The SMILES string of the molecule is Cl.Cl.O=C(CC1CSCCN1)Nc1cccnc1N1CCOCC1. The highest BCUT2D eigenvalue weighted by Gasteiger charge is 2.20. The molecule has 6 nitrogen and oxygen atoms in total. The molecule has 24 heavy (non-hydrogen) atoms. The van der Waals surface area contributed by atoms with Gasteiger partial charge in [-0.15, -0.1) is 24.8 Å². The Bertz CT molecular complexity index is 512. The van der Waals surface area contributed by atoms with Gasteiger partial charge in [0.25, 0.3) is 0 Å². The van der Waals surface area contributed by atoms with E-state index in [4.69, 9.17) is 4.74 Å². The first kappa shape index (κ1) is 21.3. The number of ether oxygens (including phenoxy) is 1.